The monoisotopic (exact) mass is 588 g/mol. The van der Waals surface area contributed by atoms with Crippen LogP contribution in [0.1, 0.15) is 0 Å². The normalized spacial score (nSPS) is 17.3. The molecule has 0 aromatic carbocycles. The predicted molar refractivity (Wildman–Crippen MR) is 65.5 cm³/mol. The molecule has 0 N–H and O–H groups in total. The number of hydrogen-bond acceptors (Lipinski definition) is 2. The number of halogens is 21. The molecule has 0 bridgehead atoms. The molecule has 1 atom stereocenters. The quantitative estimate of drug-likeness (QED) is 0.142. The van der Waals surface area contributed by atoms with Gasteiger partial charge in [-0.25, -0.2) is 4.79 Å². The summed E-state index contributed by atoms with van der Waals surface area (Å²) in [7, 11) is 0. The van der Waals surface area contributed by atoms with Gasteiger partial charge in [-0.1, -0.05) is 0 Å². The van der Waals surface area contributed by atoms with Crippen LogP contribution < -0.4 is 0 Å². The van der Waals surface area contributed by atoms with E-state index in [9.17, 15) is 97.0 Å². The van der Waals surface area contributed by atoms with E-state index in [-0.39, 0.29) is 5.92 Å². The zero-order chi connectivity index (χ0) is 30.0. The van der Waals surface area contributed by atoms with Crippen molar-refractivity contribution in [2.45, 2.75) is 59.7 Å². The number of carbonyl (C=O) groups is 1. The Bertz CT molecular complexity index is 887. The second-order valence-corrected chi connectivity index (χ2v) is 6.15. The minimum Gasteiger partial charge on any atom is -0.405 e. The van der Waals surface area contributed by atoms with Crippen molar-refractivity contribution < 1.29 is 102 Å². The van der Waals surface area contributed by atoms with E-state index < -0.39 is 65.6 Å². The van der Waals surface area contributed by atoms with Crippen LogP contribution in [0, 0.1) is 12.3 Å². The Balaban J connectivity index is 7.26. The van der Waals surface area contributed by atoms with Crippen LogP contribution in [0.3, 0.4) is 0 Å². The molecule has 0 amide bonds. The first kappa shape index (κ1) is 33.6. The zero-order valence-electron chi connectivity index (χ0n) is 15.3. The van der Waals surface area contributed by atoms with E-state index in [0.29, 0.717) is 0 Å². The van der Waals surface area contributed by atoms with Gasteiger partial charge in [-0.15, -0.1) is 6.42 Å². The van der Waals surface area contributed by atoms with Gasteiger partial charge in [0.25, 0.3) is 0 Å². The van der Waals surface area contributed by atoms with Crippen molar-refractivity contribution in [3.63, 3.8) is 0 Å². The van der Waals surface area contributed by atoms with E-state index in [1.165, 1.54) is 0 Å². The molecule has 0 aromatic heterocycles. The summed E-state index contributed by atoms with van der Waals surface area (Å²) in [5, 5.41) is 0. The topological polar surface area (TPSA) is 26.3 Å². The molecule has 0 aliphatic carbocycles. The number of hydrogen-bond donors (Lipinski definition) is 0. The second-order valence-electron chi connectivity index (χ2n) is 6.15. The van der Waals surface area contributed by atoms with Gasteiger partial charge in [0.1, 0.15) is 0 Å². The molecule has 0 fully saturated rings. The highest BCUT2D eigenvalue weighted by Crippen LogP contribution is 2.66. The largest absolute Gasteiger partial charge is 0.467 e. The van der Waals surface area contributed by atoms with Crippen LogP contribution in [0.2, 0.25) is 0 Å². The standard InChI is InChI=1S/C13HF21O2/c1-2-3(35)36-11(28,13(32,33)34)9(24,25)7(20,21)5(16,17)4(14,15)6(18,19)8(22,23)10(26,27)12(29,30)31/h1H. The first-order valence-corrected chi connectivity index (χ1v) is 7.37. The Morgan fingerprint density at radius 1 is 0.444 bits per heavy atom. The van der Waals surface area contributed by atoms with Crippen LogP contribution in [0.5, 0.6) is 0 Å². The Hall–Kier alpha value is -2.44. The molecule has 212 valence electrons. The van der Waals surface area contributed by atoms with Gasteiger partial charge in [0, 0.05) is 5.92 Å². The van der Waals surface area contributed by atoms with Crippen LogP contribution in [-0.4, -0.2) is 65.6 Å². The van der Waals surface area contributed by atoms with E-state index >= 15 is 0 Å². The van der Waals surface area contributed by atoms with Crippen LogP contribution in [0.4, 0.5) is 92.2 Å². The van der Waals surface area contributed by atoms with Gasteiger partial charge < -0.3 is 4.74 Å². The smallest absolute Gasteiger partial charge is 0.405 e. The van der Waals surface area contributed by atoms with Crippen LogP contribution in [-0.2, 0) is 9.53 Å². The molecule has 2 nitrogen and oxygen atoms in total. The fourth-order valence-corrected chi connectivity index (χ4v) is 1.82. The van der Waals surface area contributed by atoms with Gasteiger partial charge in [-0.3, -0.25) is 0 Å². The van der Waals surface area contributed by atoms with Gasteiger partial charge in [-0.2, -0.15) is 92.2 Å². The summed E-state index contributed by atoms with van der Waals surface area (Å²) in [6.07, 6.45) is -12.1. The highest BCUT2D eigenvalue weighted by Gasteiger charge is 2.98. The summed E-state index contributed by atoms with van der Waals surface area (Å²) < 4.78 is 275. The molecule has 0 rings (SSSR count). The van der Waals surface area contributed by atoms with E-state index in [2.05, 4.69) is 6.42 Å². The Kier molecular flexibility index (Phi) is 7.72. The zero-order valence-corrected chi connectivity index (χ0v) is 15.3. The number of terminal acetylenes is 1. The minimum atomic E-state index is -9.27. The first-order chi connectivity index (χ1) is 15.2. The maximum Gasteiger partial charge on any atom is 0.467 e. The highest BCUT2D eigenvalue weighted by molar-refractivity contribution is 5.88. The molecule has 36 heavy (non-hydrogen) atoms. The lowest BCUT2D eigenvalue weighted by molar-refractivity contribution is -0.484. The van der Waals surface area contributed by atoms with Gasteiger partial charge >= 0.3 is 65.6 Å². The predicted octanol–water partition coefficient (Wildman–Crippen LogP) is 6.40. The molecule has 0 aliphatic rings. The molecule has 0 heterocycles. The minimum absolute atomic E-state index is 0.136. The summed E-state index contributed by atoms with van der Waals surface area (Å²) in [5.41, 5.74) is 0. The molecule has 0 aromatic rings. The maximum absolute atomic E-state index is 13.7. The van der Waals surface area contributed by atoms with Gasteiger partial charge in [0.05, 0.1) is 0 Å². The Morgan fingerprint density at radius 2 is 0.694 bits per heavy atom. The number of rotatable bonds is 8. The Morgan fingerprint density at radius 3 is 0.917 bits per heavy atom. The first-order valence-electron chi connectivity index (χ1n) is 7.37. The molecule has 0 spiro atoms. The number of ether oxygens (including phenoxy) is 1. The molecular weight excluding hydrogens is 587 g/mol. The average molecular weight is 588 g/mol. The van der Waals surface area contributed by atoms with Crippen molar-refractivity contribution in [3.05, 3.63) is 0 Å². The van der Waals surface area contributed by atoms with Crippen LogP contribution >= 0.6 is 0 Å². The van der Waals surface area contributed by atoms with Crippen molar-refractivity contribution >= 4 is 5.97 Å². The second kappa shape index (κ2) is 8.29. The molecule has 0 saturated heterocycles. The third-order valence-electron chi connectivity index (χ3n) is 3.84. The fraction of sp³-hybridized carbons (Fsp3) is 0.769. The summed E-state index contributed by atoms with van der Waals surface area (Å²) in [6, 6.07) is 0. The van der Waals surface area contributed by atoms with E-state index in [1.807, 2.05) is 4.74 Å². The van der Waals surface area contributed by atoms with Gasteiger partial charge in [0.15, 0.2) is 0 Å². The van der Waals surface area contributed by atoms with Crippen molar-refractivity contribution in [1.29, 1.82) is 0 Å². The number of alkyl halides is 21. The molecule has 0 radical (unpaired) electrons. The molecule has 1 unspecified atom stereocenters. The Labute approximate surface area is 181 Å². The van der Waals surface area contributed by atoms with Crippen molar-refractivity contribution in [1.82, 2.24) is 0 Å². The van der Waals surface area contributed by atoms with Crippen molar-refractivity contribution in [2.24, 2.45) is 0 Å². The third kappa shape index (κ3) is 4.03. The summed E-state index contributed by atoms with van der Waals surface area (Å²) in [6.45, 7) is 0. The summed E-state index contributed by atoms with van der Waals surface area (Å²) >= 11 is 0. The number of carbonyl (C=O) groups excluding carboxylic acids is 1. The maximum atomic E-state index is 13.7. The fourth-order valence-electron chi connectivity index (χ4n) is 1.82. The highest BCUT2D eigenvalue weighted by atomic mass is 19.4. The molecule has 0 aliphatic heterocycles. The average Bonchev–Trinajstić information content (AvgIpc) is 2.64. The van der Waals surface area contributed by atoms with E-state index in [1.54, 1.807) is 0 Å². The molecule has 0 saturated carbocycles. The number of esters is 1. The van der Waals surface area contributed by atoms with Crippen molar-refractivity contribution in [2.75, 3.05) is 0 Å². The summed E-state index contributed by atoms with van der Waals surface area (Å²) in [4.78, 5) is 10.5. The van der Waals surface area contributed by atoms with Crippen LogP contribution in [0.15, 0.2) is 0 Å². The molecular formula is C13HF21O2. The lowest BCUT2D eigenvalue weighted by Gasteiger charge is -2.44. The van der Waals surface area contributed by atoms with Crippen molar-refractivity contribution in [3.8, 4) is 12.3 Å². The SMILES string of the molecule is C#CC(=O)OC(F)(C(F)(F)F)C(F)(F)C(F)(F)C(F)(F)C(F)(F)C(F)(F)C(F)(F)C(F)(F)C(F)(F)F. The van der Waals surface area contributed by atoms with Crippen LogP contribution in [0.25, 0.3) is 0 Å². The lowest BCUT2D eigenvalue weighted by atomic mass is 9.87. The van der Waals surface area contributed by atoms with Gasteiger partial charge in [0.2, 0.25) is 0 Å². The lowest BCUT2D eigenvalue weighted by Crippen LogP contribution is -2.77. The molecule has 23 heteroatoms. The third-order valence-corrected chi connectivity index (χ3v) is 3.84. The van der Waals surface area contributed by atoms with E-state index in [0.717, 1.165) is 0 Å². The van der Waals surface area contributed by atoms with Gasteiger partial charge in [-0.05, 0) is 0 Å². The van der Waals surface area contributed by atoms with E-state index in [4.69, 9.17) is 0 Å². The summed E-state index contributed by atoms with van der Waals surface area (Å²) in [5.74, 6) is -74.3.